The number of nitrogens with zero attached hydrogens (tertiary/aromatic N) is 3. The number of anilines is 1. The number of halogens is 2. The first-order valence-electron chi connectivity index (χ1n) is 6.49. The van der Waals surface area contributed by atoms with Gasteiger partial charge in [-0.3, -0.25) is 9.48 Å². The van der Waals surface area contributed by atoms with Gasteiger partial charge in [0, 0.05) is 16.7 Å². The van der Waals surface area contributed by atoms with Gasteiger partial charge in [0.05, 0.1) is 22.6 Å². The molecule has 0 saturated carbocycles. The Morgan fingerprint density at radius 2 is 2.10 bits per heavy atom. The molecule has 2 aromatic heterocycles. The third-order valence-corrected chi connectivity index (χ3v) is 3.84. The summed E-state index contributed by atoms with van der Waals surface area (Å²) in [5.74, 6) is -0.302. The minimum absolute atomic E-state index is 0.169. The molecular weight excluding hydrogens is 356 g/mol. The van der Waals surface area contributed by atoms with Gasteiger partial charge in [0.15, 0.2) is 0 Å². The fourth-order valence-corrected chi connectivity index (χ4v) is 2.63. The number of rotatable bonds is 3. The van der Waals surface area contributed by atoms with Crippen molar-refractivity contribution in [3.05, 3.63) is 38.8 Å². The van der Waals surface area contributed by atoms with Crippen molar-refractivity contribution in [3.8, 4) is 0 Å². The molecular formula is C14H16BrClN4O. The molecule has 112 valence electrons. The summed E-state index contributed by atoms with van der Waals surface area (Å²) in [6, 6.07) is 1.87. The number of hydrogen-bond acceptors (Lipinski definition) is 3. The molecule has 2 rings (SSSR count). The average Bonchev–Trinajstić information content (AvgIpc) is 2.69. The van der Waals surface area contributed by atoms with Crippen LogP contribution in [-0.2, 0) is 0 Å². The zero-order chi connectivity index (χ0) is 15.7. The number of amides is 1. The highest BCUT2D eigenvalue weighted by molar-refractivity contribution is 9.10. The number of carbonyl (C=O) groups excluding carboxylic acids is 1. The van der Waals surface area contributed by atoms with E-state index in [1.165, 1.54) is 0 Å². The van der Waals surface area contributed by atoms with Crippen LogP contribution >= 0.6 is 27.5 Å². The number of pyridine rings is 1. The molecule has 0 unspecified atom stereocenters. The summed E-state index contributed by atoms with van der Waals surface area (Å²) in [6.45, 7) is 7.87. The zero-order valence-electron chi connectivity index (χ0n) is 12.2. The van der Waals surface area contributed by atoms with Crippen LogP contribution in [0.2, 0.25) is 5.15 Å². The molecule has 7 heteroatoms. The predicted molar refractivity (Wildman–Crippen MR) is 87.0 cm³/mol. The quantitative estimate of drug-likeness (QED) is 0.825. The maximum absolute atomic E-state index is 12.4. The van der Waals surface area contributed by atoms with Crippen LogP contribution in [0.4, 0.5) is 5.69 Å². The van der Waals surface area contributed by atoms with E-state index in [0.29, 0.717) is 15.7 Å². The molecule has 0 aliphatic rings. The number of carbonyl (C=O) groups is 1. The van der Waals surface area contributed by atoms with E-state index < -0.39 is 0 Å². The van der Waals surface area contributed by atoms with E-state index >= 15 is 0 Å². The lowest BCUT2D eigenvalue weighted by Gasteiger charge is -2.10. The Balaban J connectivity index is 2.34. The van der Waals surface area contributed by atoms with E-state index in [1.807, 2.05) is 32.4 Å². The molecule has 1 N–H and O–H groups in total. The molecule has 5 nitrogen and oxygen atoms in total. The first-order valence-corrected chi connectivity index (χ1v) is 7.66. The van der Waals surface area contributed by atoms with Crippen LogP contribution in [0.25, 0.3) is 0 Å². The highest BCUT2D eigenvalue weighted by atomic mass is 79.9. The lowest BCUT2D eigenvalue weighted by Crippen LogP contribution is -2.14. The summed E-state index contributed by atoms with van der Waals surface area (Å²) in [6.07, 6.45) is 1.55. The topological polar surface area (TPSA) is 59.8 Å². The number of aromatic nitrogens is 3. The molecule has 21 heavy (non-hydrogen) atoms. The van der Waals surface area contributed by atoms with E-state index in [4.69, 9.17) is 11.6 Å². The second kappa shape index (κ2) is 6.15. The van der Waals surface area contributed by atoms with Crippen LogP contribution in [0.1, 0.15) is 41.6 Å². The van der Waals surface area contributed by atoms with Gasteiger partial charge < -0.3 is 5.32 Å². The van der Waals surface area contributed by atoms with E-state index in [9.17, 15) is 4.79 Å². The van der Waals surface area contributed by atoms with Crippen LogP contribution in [-0.4, -0.2) is 20.7 Å². The summed E-state index contributed by atoms with van der Waals surface area (Å²) in [4.78, 5) is 16.3. The number of aryl methyl sites for hydroxylation is 1. The van der Waals surface area contributed by atoms with Crippen LogP contribution in [0.15, 0.2) is 16.7 Å². The van der Waals surface area contributed by atoms with Crippen molar-refractivity contribution in [1.29, 1.82) is 0 Å². The third-order valence-electron chi connectivity index (χ3n) is 3.10. The van der Waals surface area contributed by atoms with E-state index in [2.05, 4.69) is 31.3 Å². The molecule has 0 spiro atoms. The molecule has 0 fully saturated rings. The summed E-state index contributed by atoms with van der Waals surface area (Å²) in [5.41, 5.74) is 2.72. The van der Waals surface area contributed by atoms with Crippen molar-refractivity contribution >= 4 is 39.1 Å². The van der Waals surface area contributed by atoms with Gasteiger partial charge >= 0.3 is 0 Å². The van der Waals surface area contributed by atoms with Gasteiger partial charge in [-0.2, -0.15) is 5.10 Å². The normalized spacial score (nSPS) is 11.0. The molecule has 2 heterocycles. The van der Waals surface area contributed by atoms with Crippen LogP contribution in [0.5, 0.6) is 0 Å². The standard InChI is InChI=1S/C14H16BrClN4O/c1-7(2)20-9(4)12(8(3)19-20)18-14(21)11-5-10(15)6-17-13(11)16/h5-7H,1-4H3,(H,18,21). The minimum Gasteiger partial charge on any atom is -0.319 e. The van der Waals surface area contributed by atoms with Gasteiger partial charge in [-0.05, 0) is 49.7 Å². The molecule has 0 aliphatic carbocycles. The first kappa shape index (κ1) is 16.0. The van der Waals surface area contributed by atoms with Crippen molar-refractivity contribution in [2.75, 3.05) is 5.32 Å². The Bertz CT molecular complexity index is 697. The Labute approximate surface area is 136 Å². The van der Waals surface area contributed by atoms with E-state index in [-0.39, 0.29) is 17.1 Å². The van der Waals surface area contributed by atoms with Crippen LogP contribution in [0.3, 0.4) is 0 Å². The van der Waals surface area contributed by atoms with Crippen molar-refractivity contribution in [3.63, 3.8) is 0 Å². The predicted octanol–water partition coefficient (Wildman–Crippen LogP) is 4.14. The summed E-state index contributed by atoms with van der Waals surface area (Å²) < 4.78 is 2.58. The second-order valence-electron chi connectivity index (χ2n) is 5.03. The third kappa shape index (κ3) is 3.27. The summed E-state index contributed by atoms with van der Waals surface area (Å²) in [5, 5.41) is 7.48. The molecule has 0 radical (unpaired) electrons. The van der Waals surface area contributed by atoms with Gasteiger partial charge in [0.1, 0.15) is 5.15 Å². The first-order chi connectivity index (χ1) is 9.81. The summed E-state index contributed by atoms with van der Waals surface area (Å²) >= 11 is 9.26. The second-order valence-corrected chi connectivity index (χ2v) is 6.30. The van der Waals surface area contributed by atoms with Gasteiger partial charge in [-0.15, -0.1) is 0 Å². The molecule has 0 bridgehead atoms. The van der Waals surface area contributed by atoms with Crippen molar-refractivity contribution in [1.82, 2.24) is 14.8 Å². The lowest BCUT2D eigenvalue weighted by molar-refractivity contribution is 0.102. The van der Waals surface area contributed by atoms with Crippen molar-refractivity contribution in [2.24, 2.45) is 0 Å². The lowest BCUT2D eigenvalue weighted by atomic mass is 10.2. The monoisotopic (exact) mass is 370 g/mol. The molecule has 0 atom stereocenters. The van der Waals surface area contributed by atoms with Gasteiger partial charge in [0.2, 0.25) is 0 Å². The average molecular weight is 372 g/mol. The van der Waals surface area contributed by atoms with Gasteiger partial charge in [0.25, 0.3) is 5.91 Å². The Morgan fingerprint density at radius 1 is 1.43 bits per heavy atom. The maximum Gasteiger partial charge on any atom is 0.258 e. The largest absolute Gasteiger partial charge is 0.319 e. The minimum atomic E-state index is -0.302. The van der Waals surface area contributed by atoms with Crippen molar-refractivity contribution < 1.29 is 4.79 Å². The molecule has 0 aromatic carbocycles. The fourth-order valence-electron chi connectivity index (χ4n) is 2.11. The highest BCUT2D eigenvalue weighted by Crippen LogP contribution is 2.25. The van der Waals surface area contributed by atoms with Crippen LogP contribution in [0, 0.1) is 13.8 Å². The SMILES string of the molecule is Cc1nn(C(C)C)c(C)c1NC(=O)c1cc(Br)cnc1Cl. The molecule has 1 amide bonds. The zero-order valence-corrected chi connectivity index (χ0v) is 14.6. The smallest absolute Gasteiger partial charge is 0.258 e. The highest BCUT2D eigenvalue weighted by Gasteiger charge is 2.18. The summed E-state index contributed by atoms with van der Waals surface area (Å²) in [7, 11) is 0. The van der Waals surface area contributed by atoms with Crippen LogP contribution < -0.4 is 5.32 Å². The van der Waals surface area contributed by atoms with E-state index in [1.54, 1.807) is 12.3 Å². The van der Waals surface area contributed by atoms with Gasteiger partial charge in [-0.25, -0.2) is 4.98 Å². The number of nitrogens with one attached hydrogen (secondary N) is 1. The molecule has 0 aliphatic heterocycles. The number of hydrogen-bond donors (Lipinski definition) is 1. The fraction of sp³-hybridized carbons (Fsp3) is 0.357. The molecule has 2 aromatic rings. The molecule has 0 saturated heterocycles. The van der Waals surface area contributed by atoms with Crippen molar-refractivity contribution in [2.45, 2.75) is 33.7 Å². The Kier molecular flexibility index (Phi) is 4.68. The Hall–Kier alpha value is -1.40. The van der Waals surface area contributed by atoms with E-state index in [0.717, 1.165) is 11.4 Å². The van der Waals surface area contributed by atoms with Gasteiger partial charge in [-0.1, -0.05) is 11.6 Å². The Morgan fingerprint density at radius 3 is 2.67 bits per heavy atom. The maximum atomic E-state index is 12.4.